The van der Waals surface area contributed by atoms with Crippen LogP contribution in [0, 0.1) is 6.92 Å². The number of hydrogen-bond donors (Lipinski definition) is 2. The lowest BCUT2D eigenvalue weighted by molar-refractivity contribution is 0.579. The lowest BCUT2D eigenvalue weighted by Gasteiger charge is -2.00. The van der Waals surface area contributed by atoms with Gasteiger partial charge < -0.3 is 9.73 Å². The number of aromatic amines is 1. The number of nitrogens with one attached hydrogen (secondary N) is 2. The molecule has 0 amide bonds. The van der Waals surface area contributed by atoms with E-state index in [1.165, 1.54) is 0 Å². The van der Waals surface area contributed by atoms with Crippen LogP contribution in [0.5, 0.6) is 0 Å². The van der Waals surface area contributed by atoms with Gasteiger partial charge in [0.15, 0.2) is 11.6 Å². The fraction of sp³-hybridized carbons (Fsp3) is 0.364. The van der Waals surface area contributed by atoms with E-state index in [9.17, 15) is 0 Å². The lowest BCUT2D eigenvalue weighted by Crippen LogP contribution is -2.00. The molecule has 2 rings (SSSR count). The van der Waals surface area contributed by atoms with Crippen LogP contribution in [-0.4, -0.2) is 16.7 Å². The van der Waals surface area contributed by atoms with Gasteiger partial charge >= 0.3 is 0 Å². The Kier molecular flexibility index (Phi) is 2.76. The molecule has 0 aliphatic carbocycles. The average Bonchev–Trinajstić information content (AvgIpc) is 2.84. The second kappa shape index (κ2) is 4.21. The van der Waals surface area contributed by atoms with Crippen molar-refractivity contribution in [2.75, 3.05) is 11.9 Å². The second-order valence-corrected chi connectivity index (χ2v) is 3.48. The second-order valence-electron chi connectivity index (χ2n) is 3.48. The molecule has 0 atom stereocenters. The molecule has 0 fully saturated rings. The molecule has 2 aromatic heterocycles. The highest BCUT2D eigenvalue weighted by Gasteiger charge is 2.11. The van der Waals surface area contributed by atoms with Crippen LogP contribution in [0.3, 0.4) is 0 Å². The predicted octanol–water partition coefficient (Wildman–Crippen LogP) is 2.80. The van der Waals surface area contributed by atoms with Gasteiger partial charge in [-0.25, -0.2) is 0 Å². The summed E-state index contributed by atoms with van der Waals surface area (Å²) in [5, 5.41) is 10.5. The molecule has 0 aromatic carbocycles. The third kappa shape index (κ3) is 1.88. The third-order valence-electron chi connectivity index (χ3n) is 2.32. The Balaban J connectivity index is 2.24. The molecule has 4 nitrogen and oxygen atoms in total. The van der Waals surface area contributed by atoms with Crippen LogP contribution in [0.2, 0.25) is 0 Å². The van der Waals surface area contributed by atoms with Gasteiger partial charge in [0.2, 0.25) is 0 Å². The van der Waals surface area contributed by atoms with Crippen molar-refractivity contribution < 1.29 is 4.42 Å². The summed E-state index contributed by atoms with van der Waals surface area (Å²) in [6.07, 6.45) is 2.75. The monoisotopic (exact) mass is 205 g/mol. The molecule has 0 radical (unpaired) electrons. The molecule has 0 saturated heterocycles. The minimum absolute atomic E-state index is 0.824. The maximum absolute atomic E-state index is 5.32. The van der Waals surface area contributed by atoms with Gasteiger partial charge in [0, 0.05) is 12.1 Å². The summed E-state index contributed by atoms with van der Waals surface area (Å²) < 4.78 is 5.32. The summed E-state index contributed by atoms with van der Waals surface area (Å²) in [5.41, 5.74) is 2.04. The molecular formula is C11H15N3O. The molecule has 0 spiro atoms. The number of H-pyrrole nitrogens is 1. The number of rotatable bonds is 4. The van der Waals surface area contributed by atoms with Crippen LogP contribution in [0.1, 0.15) is 18.9 Å². The molecule has 2 heterocycles. The van der Waals surface area contributed by atoms with Gasteiger partial charge in [-0.2, -0.15) is 5.10 Å². The smallest absolute Gasteiger partial charge is 0.151 e. The third-order valence-corrected chi connectivity index (χ3v) is 2.32. The van der Waals surface area contributed by atoms with Crippen molar-refractivity contribution in [1.82, 2.24) is 10.2 Å². The largest absolute Gasteiger partial charge is 0.463 e. The average molecular weight is 205 g/mol. The van der Waals surface area contributed by atoms with E-state index in [4.69, 9.17) is 4.42 Å². The fourth-order valence-electron chi connectivity index (χ4n) is 1.47. The van der Waals surface area contributed by atoms with E-state index >= 15 is 0 Å². The fourth-order valence-corrected chi connectivity index (χ4v) is 1.47. The van der Waals surface area contributed by atoms with Crippen LogP contribution < -0.4 is 5.32 Å². The zero-order chi connectivity index (χ0) is 10.7. The maximum atomic E-state index is 5.32. The molecule has 0 aliphatic heterocycles. The number of furan rings is 1. The van der Waals surface area contributed by atoms with Crippen LogP contribution >= 0.6 is 0 Å². The summed E-state index contributed by atoms with van der Waals surface area (Å²) in [4.78, 5) is 0. The molecule has 4 heteroatoms. The first-order valence-electron chi connectivity index (χ1n) is 5.15. The molecule has 2 N–H and O–H groups in total. The number of anilines is 1. The Morgan fingerprint density at radius 3 is 3.07 bits per heavy atom. The van der Waals surface area contributed by atoms with Crippen molar-refractivity contribution in [2.45, 2.75) is 20.3 Å². The Labute approximate surface area is 88.7 Å². The minimum Gasteiger partial charge on any atom is -0.463 e. The van der Waals surface area contributed by atoms with Crippen molar-refractivity contribution in [1.29, 1.82) is 0 Å². The Hall–Kier alpha value is -1.71. The SMILES string of the molecule is CCCNc1n[nH]c(-c2ccco2)c1C. The van der Waals surface area contributed by atoms with E-state index in [-0.39, 0.29) is 0 Å². The molecule has 15 heavy (non-hydrogen) atoms. The highest BCUT2D eigenvalue weighted by atomic mass is 16.3. The Morgan fingerprint density at radius 1 is 1.53 bits per heavy atom. The molecule has 0 unspecified atom stereocenters. The molecule has 0 saturated carbocycles. The number of nitrogens with zero attached hydrogens (tertiary/aromatic N) is 1. The van der Waals surface area contributed by atoms with Crippen LogP contribution in [-0.2, 0) is 0 Å². The highest BCUT2D eigenvalue weighted by Crippen LogP contribution is 2.25. The molecule has 2 aromatic rings. The summed E-state index contributed by atoms with van der Waals surface area (Å²) in [7, 11) is 0. The zero-order valence-electron chi connectivity index (χ0n) is 9.00. The predicted molar refractivity (Wildman–Crippen MR) is 59.8 cm³/mol. The van der Waals surface area contributed by atoms with E-state index < -0.39 is 0 Å². The van der Waals surface area contributed by atoms with Gasteiger partial charge in [0.25, 0.3) is 0 Å². The van der Waals surface area contributed by atoms with E-state index in [2.05, 4.69) is 22.4 Å². The van der Waals surface area contributed by atoms with Crippen molar-refractivity contribution in [3.05, 3.63) is 24.0 Å². The van der Waals surface area contributed by atoms with Crippen molar-refractivity contribution >= 4 is 5.82 Å². The Morgan fingerprint density at radius 2 is 2.40 bits per heavy atom. The van der Waals surface area contributed by atoms with E-state index in [0.29, 0.717) is 0 Å². The first-order valence-corrected chi connectivity index (χ1v) is 5.15. The normalized spacial score (nSPS) is 10.5. The van der Waals surface area contributed by atoms with Crippen molar-refractivity contribution in [3.63, 3.8) is 0 Å². The minimum atomic E-state index is 0.824. The van der Waals surface area contributed by atoms with E-state index in [1.807, 2.05) is 19.1 Å². The first-order chi connectivity index (χ1) is 7.33. The van der Waals surface area contributed by atoms with E-state index in [0.717, 1.165) is 35.8 Å². The van der Waals surface area contributed by atoms with Gasteiger partial charge in [-0.15, -0.1) is 0 Å². The van der Waals surface area contributed by atoms with Gasteiger partial charge in [-0.1, -0.05) is 6.92 Å². The summed E-state index contributed by atoms with van der Waals surface area (Å²) in [5.74, 6) is 1.73. The topological polar surface area (TPSA) is 53.9 Å². The molecule has 0 aliphatic rings. The van der Waals surface area contributed by atoms with Crippen LogP contribution in [0.15, 0.2) is 22.8 Å². The zero-order valence-corrected chi connectivity index (χ0v) is 9.00. The van der Waals surface area contributed by atoms with Gasteiger partial charge in [0.05, 0.1) is 6.26 Å². The summed E-state index contributed by atoms with van der Waals surface area (Å²) >= 11 is 0. The van der Waals surface area contributed by atoms with Crippen LogP contribution in [0.25, 0.3) is 11.5 Å². The first kappa shape index (κ1) is 9.83. The van der Waals surface area contributed by atoms with Gasteiger partial charge in [-0.05, 0) is 25.5 Å². The van der Waals surface area contributed by atoms with Gasteiger partial charge in [-0.3, -0.25) is 5.10 Å². The molecule has 80 valence electrons. The van der Waals surface area contributed by atoms with Gasteiger partial charge in [0.1, 0.15) is 5.69 Å². The van der Waals surface area contributed by atoms with Crippen molar-refractivity contribution in [2.24, 2.45) is 0 Å². The number of hydrogen-bond acceptors (Lipinski definition) is 3. The highest BCUT2D eigenvalue weighted by molar-refractivity contribution is 5.64. The lowest BCUT2D eigenvalue weighted by atomic mass is 10.2. The summed E-state index contributed by atoms with van der Waals surface area (Å²) in [6.45, 7) is 5.09. The van der Waals surface area contributed by atoms with E-state index in [1.54, 1.807) is 6.26 Å². The summed E-state index contributed by atoms with van der Waals surface area (Å²) in [6, 6.07) is 3.79. The molecular weight excluding hydrogens is 190 g/mol. The Bertz CT molecular complexity index is 417. The quantitative estimate of drug-likeness (QED) is 0.807. The van der Waals surface area contributed by atoms with Crippen molar-refractivity contribution in [3.8, 4) is 11.5 Å². The number of aromatic nitrogens is 2. The van der Waals surface area contributed by atoms with Crippen LogP contribution in [0.4, 0.5) is 5.82 Å². The standard InChI is InChI=1S/C11H15N3O/c1-3-6-12-11-8(2)10(13-14-11)9-5-4-7-15-9/h4-5,7H,3,6H2,1-2H3,(H2,12,13,14). The maximum Gasteiger partial charge on any atom is 0.151 e. The molecule has 0 bridgehead atoms.